The van der Waals surface area contributed by atoms with Gasteiger partial charge in [0.05, 0.1) is 11.8 Å². The van der Waals surface area contributed by atoms with Gasteiger partial charge in [0.15, 0.2) is 0 Å². The van der Waals surface area contributed by atoms with E-state index in [2.05, 4.69) is 5.32 Å². The number of hydrogen-bond donors (Lipinski definition) is 1. The van der Waals surface area contributed by atoms with Gasteiger partial charge in [0.1, 0.15) is 0 Å². The number of anilines is 1. The van der Waals surface area contributed by atoms with E-state index in [0.717, 1.165) is 5.56 Å². The van der Waals surface area contributed by atoms with Crippen molar-refractivity contribution in [2.24, 2.45) is 11.8 Å². The Kier molecular flexibility index (Phi) is 4.62. The van der Waals surface area contributed by atoms with Crippen LogP contribution in [0.2, 0.25) is 0 Å². The van der Waals surface area contributed by atoms with Crippen LogP contribution in [0.15, 0.2) is 60.7 Å². The average Bonchev–Trinajstić information content (AvgIpc) is 3.23. The number of amides is 4. The van der Waals surface area contributed by atoms with Crippen molar-refractivity contribution in [3.8, 4) is 0 Å². The monoisotopic (exact) mass is 363 g/mol. The highest BCUT2D eigenvalue weighted by Crippen LogP contribution is 2.33. The minimum atomic E-state index is -0.421. The maximum atomic E-state index is 12.7. The Hall–Kier alpha value is -3.15. The van der Waals surface area contributed by atoms with Gasteiger partial charge in [-0.2, -0.15) is 0 Å². The first kappa shape index (κ1) is 17.3. The maximum absolute atomic E-state index is 12.7. The Morgan fingerprint density at radius 3 is 2.04 bits per heavy atom. The molecular weight excluding hydrogens is 342 g/mol. The molecular formula is C21H21N3O3. The van der Waals surface area contributed by atoms with Crippen molar-refractivity contribution in [3.05, 3.63) is 66.2 Å². The lowest BCUT2D eigenvalue weighted by molar-refractivity contribution is -0.140. The molecule has 2 aliphatic rings. The van der Waals surface area contributed by atoms with Crippen LogP contribution in [-0.2, 0) is 16.0 Å². The number of fused-ring (bicyclic) bond motifs is 1. The summed E-state index contributed by atoms with van der Waals surface area (Å²) < 4.78 is 0. The highest BCUT2D eigenvalue weighted by molar-refractivity contribution is 6.06. The molecule has 2 aromatic carbocycles. The third kappa shape index (κ3) is 3.43. The molecule has 2 heterocycles. The Bertz CT molecular complexity index is 829. The topological polar surface area (TPSA) is 69.7 Å². The second kappa shape index (κ2) is 7.23. The maximum Gasteiger partial charge on any atom is 0.321 e. The molecule has 2 atom stereocenters. The predicted octanol–water partition coefficient (Wildman–Crippen LogP) is 2.38. The van der Waals surface area contributed by atoms with Crippen molar-refractivity contribution in [2.45, 2.75) is 6.42 Å². The Balaban J connectivity index is 1.37. The fourth-order valence-electron chi connectivity index (χ4n) is 3.81. The Labute approximate surface area is 157 Å². The molecule has 2 aromatic rings. The summed E-state index contributed by atoms with van der Waals surface area (Å²) in [7, 11) is 0. The van der Waals surface area contributed by atoms with E-state index in [1.807, 2.05) is 48.5 Å². The van der Waals surface area contributed by atoms with E-state index in [0.29, 0.717) is 18.7 Å². The molecule has 0 bridgehead atoms. The quantitative estimate of drug-likeness (QED) is 0.848. The van der Waals surface area contributed by atoms with Gasteiger partial charge in [-0.1, -0.05) is 48.5 Å². The first-order chi connectivity index (χ1) is 13.1. The summed E-state index contributed by atoms with van der Waals surface area (Å²) in [4.78, 5) is 40.7. The Morgan fingerprint density at radius 1 is 0.889 bits per heavy atom. The number of likely N-dealkylation sites (tertiary alicyclic amines) is 2. The molecule has 1 N–H and O–H groups in total. The summed E-state index contributed by atoms with van der Waals surface area (Å²) in [6.45, 7) is 0.969. The first-order valence-corrected chi connectivity index (χ1v) is 9.13. The van der Waals surface area contributed by atoms with E-state index in [9.17, 15) is 14.4 Å². The number of nitrogens with one attached hydrogen (secondary N) is 1. The summed E-state index contributed by atoms with van der Waals surface area (Å²) in [5.41, 5.74) is 1.79. The highest BCUT2D eigenvalue weighted by Gasteiger charge is 2.53. The van der Waals surface area contributed by atoms with Gasteiger partial charge in [0.25, 0.3) is 0 Å². The lowest BCUT2D eigenvalue weighted by atomic mass is 10.00. The van der Waals surface area contributed by atoms with Crippen molar-refractivity contribution in [1.29, 1.82) is 0 Å². The third-order valence-corrected chi connectivity index (χ3v) is 5.27. The molecule has 0 spiro atoms. The average molecular weight is 363 g/mol. The number of benzene rings is 2. The van der Waals surface area contributed by atoms with Crippen LogP contribution in [0.25, 0.3) is 0 Å². The fraction of sp³-hybridized carbons (Fsp3) is 0.286. The van der Waals surface area contributed by atoms with Gasteiger partial charge in [-0.15, -0.1) is 0 Å². The molecule has 4 rings (SSSR count). The summed E-state index contributed by atoms with van der Waals surface area (Å²) in [6, 6.07) is 18.7. The number of nitrogens with zero attached hydrogens (tertiary/aromatic N) is 2. The number of para-hydroxylation sites is 1. The van der Waals surface area contributed by atoms with Crippen LogP contribution in [0.5, 0.6) is 0 Å². The molecule has 27 heavy (non-hydrogen) atoms. The minimum absolute atomic E-state index is 0.157. The van der Waals surface area contributed by atoms with Crippen molar-refractivity contribution in [1.82, 2.24) is 9.80 Å². The zero-order valence-corrected chi connectivity index (χ0v) is 14.9. The lowest BCUT2D eigenvalue weighted by Gasteiger charge is -2.21. The molecule has 4 amide bonds. The summed E-state index contributed by atoms with van der Waals surface area (Å²) in [5, 5.41) is 2.81. The molecule has 2 aliphatic heterocycles. The van der Waals surface area contributed by atoms with Crippen LogP contribution in [0.1, 0.15) is 5.56 Å². The van der Waals surface area contributed by atoms with Gasteiger partial charge in [0.2, 0.25) is 11.8 Å². The van der Waals surface area contributed by atoms with Crippen LogP contribution in [0.4, 0.5) is 10.5 Å². The molecule has 6 nitrogen and oxygen atoms in total. The van der Waals surface area contributed by atoms with E-state index in [1.54, 1.807) is 17.0 Å². The second-order valence-electron chi connectivity index (χ2n) is 6.98. The molecule has 0 aromatic heterocycles. The molecule has 2 fully saturated rings. The van der Waals surface area contributed by atoms with Crippen LogP contribution < -0.4 is 5.32 Å². The Morgan fingerprint density at radius 2 is 1.44 bits per heavy atom. The van der Waals surface area contributed by atoms with Gasteiger partial charge in [0, 0.05) is 25.3 Å². The first-order valence-electron chi connectivity index (χ1n) is 9.13. The number of urea groups is 1. The highest BCUT2D eigenvalue weighted by atomic mass is 16.2. The fourth-order valence-corrected chi connectivity index (χ4v) is 3.81. The molecule has 0 saturated carbocycles. The van der Waals surface area contributed by atoms with Crippen molar-refractivity contribution in [2.75, 3.05) is 25.0 Å². The van der Waals surface area contributed by atoms with Crippen molar-refractivity contribution < 1.29 is 14.4 Å². The van der Waals surface area contributed by atoms with Crippen LogP contribution in [0, 0.1) is 11.8 Å². The smallest absolute Gasteiger partial charge is 0.321 e. The van der Waals surface area contributed by atoms with Crippen molar-refractivity contribution in [3.63, 3.8) is 0 Å². The number of rotatable bonds is 4. The number of carbonyl (C=O) groups is 3. The molecule has 0 aliphatic carbocycles. The summed E-state index contributed by atoms with van der Waals surface area (Å²) in [5.74, 6) is -1.16. The standard InChI is InChI=1S/C21H21N3O3/c25-19-17-13-23(21(27)22-16-9-5-2-6-10-16)14-18(17)20(26)24(19)12-11-15-7-3-1-4-8-15/h1-10,17-18H,11-14H2,(H,22,27)/t17-,18+. The van der Waals surface area contributed by atoms with Gasteiger partial charge in [-0.25, -0.2) is 4.79 Å². The second-order valence-corrected chi connectivity index (χ2v) is 6.98. The van der Waals surface area contributed by atoms with Crippen LogP contribution >= 0.6 is 0 Å². The molecule has 6 heteroatoms. The number of hydrogen-bond acceptors (Lipinski definition) is 3. The van der Waals surface area contributed by atoms with E-state index in [1.165, 1.54) is 4.90 Å². The zero-order valence-electron chi connectivity index (χ0n) is 14.9. The molecule has 0 radical (unpaired) electrons. The zero-order chi connectivity index (χ0) is 18.8. The summed E-state index contributed by atoms with van der Waals surface area (Å²) >= 11 is 0. The largest absolute Gasteiger partial charge is 0.323 e. The van der Waals surface area contributed by atoms with Crippen molar-refractivity contribution >= 4 is 23.5 Å². The normalized spacial score (nSPS) is 21.5. The minimum Gasteiger partial charge on any atom is -0.323 e. The van der Waals surface area contributed by atoms with Gasteiger partial charge < -0.3 is 10.2 Å². The summed E-state index contributed by atoms with van der Waals surface area (Å²) in [6.07, 6.45) is 0.649. The van der Waals surface area contributed by atoms with E-state index < -0.39 is 11.8 Å². The van der Waals surface area contributed by atoms with Gasteiger partial charge in [-0.05, 0) is 24.1 Å². The molecule has 138 valence electrons. The number of imide groups is 1. The lowest BCUT2D eigenvalue weighted by Crippen LogP contribution is -2.40. The van der Waals surface area contributed by atoms with E-state index in [4.69, 9.17) is 0 Å². The van der Waals surface area contributed by atoms with E-state index >= 15 is 0 Å². The predicted molar refractivity (Wildman–Crippen MR) is 101 cm³/mol. The van der Waals surface area contributed by atoms with Gasteiger partial charge in [-0.3, -0.25) is 14.5 Å². The van der Waals surface area contributed by atoms with Crippen LogP contribution in [0.3, 0.4) is 0 Å². The van der Waals surface area contributed by atoms with E-state index in [-0.39, 0.29) is 30.9 Å². The number of carbonyl (C=O) groups excluding carboxylic acids is 3. The molecule has 0 unspecified atom stereocenters. The molecule has 2 saturated heterocycles. The van der Waals surface area contributed by atoms with Crippen LogP contribution in [-0.4, -0.2) is 47.3 Å². The SMILES string of the molecule is O=C(Nc1ccccc1)N1C[C@@H]2C(=O)N(CCc3ccccc3)C(=O)[C@@H]2C1. The van der Waals surface area contributed by atoms with Gasteiger partial charge >= 0.3 is 6.03 Å². The third-order valence-electron chi connectivity index (χ3n) is 5.27.